The number of hydrogen-bond acceptors (Lipinski definition) is 3. The van der Waals surface area contributed by atoms with Crippen LogP contribution in [0.1, 0.15) is 57.1 Å². The number of sulfonamides is 1. The normalized spacial score (nSPS) is 17.0. The first kappa shape index (κ1) is 17.7. The molecule has 1 aliphatic carbocycles. The first-order valence-corrected chi connectivity index (χ1v) is 9.59. The summed E-state index contributed by atoms with van der Waals surface area (Å²) in [7, 11) is -3.74. The second-order valence-corrected chi connectivity index (χ2v) is 7.44. The summed E-state index contributed by atoms with van der Waals surface area (Å²) < 4.78 is 23.0. The van der Waals surface area contributed by atoms with E-state index in [0.29, 0.717) is 6.42 Å². The Kier molecular flexibility index (Phi) is 5.96. The second-order valence-electron chi connectivity index (χ2n) is 5.88. The molecule has 126 valence electrons. The van der Waals surface area contributed by atoms with Crippen molar-refractivity contribution in [3.63, 3.8) is 0 Å². The largest absolute Gasteiger partial charge is 0.346 e. The summed E-state index contributed by atoms with van der Waals surface area (Å²) >= 11 is 0. The Morgan fingerprint density at radius 3 is 2.78 bits per heavy atom. The number of amides is 1. The van der Waals surface area contributed by atoms with E-state index in [1.807, 2.05) is 19.1 Å². The maximum atomic E-state index is 12.5. The lowest BCUT2D eigenvalue weighted by atomic mass is 10.0. The molecule has 0 fully saturated rings. The van der Waals surface area contributed by atoms with Crippen LogP contribution in [-0.2, 0) is 14.8 Å². The zero-order valence-electron chi connectivity index (χ0n) is 13.4. The van der Waals surface area contributed by atoms with Gasteiger partial charge < -0.3 is 5.32 Å². The first-order valence-electron chi connectivity index (χ1n) is 8.04. The monoisotopic (exact) mass is 336 g/mol. The number of rotatable bonds is 5. The van der Waals surface area contributed by atoms with Crippen LogP contribution < -0.4 is 10.5 Å². The molecule has 0 saturated carbocycles. The number of primary sulfonamides is 1. The molecule has 0 aliphatic heterocycles. The van der Waals surface area contributed by atoms with Gasteiger partial charge in [0.05, 0.1) is 10.9 Å². The van der Waals surface area contributed by atoms with Gasteiger partial charge in [-0.05, 0) is 49.8 Å². The molecule has 1 unspecified atom stereocenters. The molecule has 1 amide bonds. The molecule has 1 aromatic carbocycles. The van der Waals surface area contributed by atoms with Crippen LogP contribution >= 0.6 is 0 Å². The van der Waals surface area contributed by atoms with Gasteiger partial charge in [-0.15, -0.1) is 0 Å². The van der Waals surface area contributed by atoms with Crippen LogP contribution in [0.4, 0.5) is 0 Å². The van der Waals surface area contributed by atoms with Crippen molar-refractivity contribution in [2.45, 2.75) is 56.4 Å². The van der Waals surface area contributed by atoms with Crippen LogP contribution in [0.25, 0.3) is 0 Å². The number of nitrogens with one attached hydrogen (secondary N) is 1. The van der Waals surface area contributed by atoms with E-state index >= 15 is 0 Å². The number of nitrogens with two attached hydrogens (primary N) is 1. The molecule has 23 heavy (non-hydrogen) atoms. The van der Waals surface area contributed by atoms with Crippen molar-refractivity contribution in [1.82, 2.24) is 5.32 Å². The van der Waals surface area contributed by atoms with Crippen molar-refractivity contribution < 1.29 is 13.2 Å². The zero-order valence-corrected chi connectivity index (χ0v) is 14.2. The molecule has 0 radical (unpaired) electrons. The summed E-state index contributed by atoms with van der Waals surface area (Å²) in [4.78, 5) is 12.5. The highest BCUT2D eigenvalue weighted by Gasteiger charge is 2.18. The summed E-state index contributed by atoms with van der Waals surface area (Å²) in [5.74, 6) is -0.0558. The maximum absolute atomic E-state index is 12.5. The van der Waals surface area contributed by atoms with Gasteiger partial charge in [0, 0.05) is 5.57 Å². The van der Waals surface area contributed by atoms with Gasteiger partial charge in [0.25, 0.3) is 0 Å². The van der Waals surface area contributed by atoms with Crippen molar-refractivity contribution in [2.75, 3.05) is 0 Å². The Hall–Kier alpha value is -1.66. The third-order valence-electron chi connectivity index (χ3n) is 4.14. The minimum absolute atomic E-state index is 0.0558. The fourth-order valence-corrected chi connectivity index (χ4v) is 3.37. The van der Waals surface area contributed by atoms with E-state index < -0.39 is 10.0 Å². The summed E-state index contributed by atoms with van der Waals surface area (Å²) in [6.45, 7) is 1.95. The lowest BCUT2D eigenvalue weighted by Crippen LogP contribution is -2.29. The molecule has 1 aromatic rings. The SMILES string of the molecule is CCC(NC(=O)C1=CCCCCC1)c1cccc(S(N)(=O)=O)c1. The number of benzene rings is 1. The molecule has 0 spiro atoms. The maximum Gasteiger partial charge on any atom is 0.247 e. The van der Waals surface area contributed by atoms with E-state index in [1.165, 1.54) is 12.1 Å². The highest BCUT2D eigenvalue weighted by molar-refractivity contribution is 7.89. The molecular weight excluding hydrogens is 312 g/mol. The minimum Gasteiger partial charge on any atom is -0.346 e. The molecular formula is C17H24N2O3S. The van der Waals surface area contributed by atoms with E-state index in [-0.39, 0.29) is 16.8 Å². The van der Waals surface area contributed by atoms with Gasteiger partial charge in [0.2, 0.25) is 15.9 Å². The predicted molar refractivity (Wildman–Crippen MR) is 90.2 cm³/mol. The molecule has 0 saturated heterocycles. The third kappa shape index (κ3) is 4.91. The number of carbonyl (C=O) groups excluding carboxylic acids is 1. The van der Waals surface area contributed by atoms with E-state index in [1.54, 1.807) is 6.07 Å². The molecule has 1 aliphatic rings. The molecule has 6 heteroatoms. The quantitative estimate of drug-likeness (QED) is 0.866. The standard InChI is InChI=1S/C17H24N2O3S/c1-2-16(14-10-7-11-15(12-14)23(18,21)22)19-17(20)13-8-5-3-4-6-9-13/h7-8,10-12,16H,2-6,9H2,1H3,(H,19,20)(H2,18,21,22). The Bertz CT molecular complexity index is 696. The average Bonchev–Trinajstić information content (AvgIpc) is 2.81. The molecule has 1 atom stereocenters. The van der Waals surface area contributed by atoms with Crippen LogP contribution in [0, 0.1) is 0 Å². The molecule has 0 bridgehead atoms. The highest BCUT2D eigenvalue weighted by Crippen LogP contribution is 2.22. The Morgan fingerprint density at radius 2 is 2.09 bits per heavy atom. The van der Waals surface area contributed by atoms with Gasteiger partial charge in [0.15, 0.2) is 0 Å². The van der Waals surface area contributed by atoms with Gasteiger partial charge in [-0.2, -0.15) is 0 Å². The van der Waals surface area contributed by atoms with Crippen molar-refractivity contribution in [3.8, 4) is 0 Å². The third-order valence-corrected chi connectivity index (χ3v) is 5.05. The van der Waals surface area contributed by atoms with Crippen LogP contribution in [-0.4, -0.2) is 14.3 Å². The Morgan fingerprint density at radius 1 is 1.30 bits per heavy atom. The molecule has 2 rings (SSSR count). The number of allylic oxidation sites excluding steroid dienone is 1. The highest BCUT2D eigenvalue weighted by atomic mass is 32.2. The van der Waals surface area contributed by atoms with Crippen molar-refractivity contribution in [3.05, 3.63) is 41.5 Å². The van der Waals surface area contributed by atoms with Crippen molar-refractivity contribution >= 4 is 15.9 Å². The minimum atomic E-state index is -3.74. The molecule has 5 nitrogen and oxygen atoms in total. The second kappa shape index (κ2) is 7.75. The topological polar surface area (TPSA) is 89.3 Å². The van der Waals surface area contributed by atoms with Crippen LogP contribution in [0.2, 0.25) is 0 Å². The Labute approximate surface area is 138 Å². The van der Waals surface area contributed by atoms with Crippen molar-refractivity contribution in [2.24, 2.45) is 5.14 Å². The number of hydrogen-bond donors (Lipinski definition) is 2. The van der Waals surface area contributed by atoms with Crippen LogP contribution in [0.5, 0.6) is 0 Å². The first-order chi connectivity index (χ1) is 10.9. The summed E-state index contributed by atoms with van der Waals surface area (Å²) in [5, 5.41) is 8.19. The van der Waals surface area contributed by atoms with Crippen molar-refractivity contribution in [1.29, 1.82) is 0 Å². The van der Waals surface area contributed by atoms with E-state index in [4.69, 9.17) is 5.14 Å². The summed E-state index contributed by atoms with van der Waals surface area (Å²) in [6, 6.07) is 6.22. The lowest BCUT2D eigenvalue weighted by Gasteiger charge is -2.19. The summed E-state index contributed by atoms with van der Waals surface area (Å²) in [5.41, 5.74) is 1.59. The Balaban J connectivity index is 2.16. The lowest BCUT2D eigenvalue weighted by molar-refractivity contribution is -0.118. The average molecular weight is 336 g/mol. The van der Waals surface area contributed by atoms with Crippen LogP contribution in [0.3, 0.4) is 0 Å². The fraction of sp³-hybridized carbons (Fsp3) is 0.471. The van der Waals surface area contributed by atoms with E-state index in [2.05, 4.69) is 5.32 Å². The summed E-state index contributed by atoms with van der Waals surface area (Å²) in [6.07, 6.45) is 7.77. The number of carbonyl (C=O) groups is 1. The zero-order chi connectivity index (χ0) is 16.9. The smallest absolute Gasteiger partial charge is 0.247 e. The van der Waals surface area contributed by atoms with Gasteiger partial charge in [0.1, 0.15) is 0 Å². The molecule has 3 N–H and O–H groups in total. The molecule has 0 heterocycles. The predicted octanol–water partition coefficient (Wildman–Crippen LogP) is 2.79. The van der Waals surface area contributed by atoms with Gasteiger partial charge in [-0.25, -0.2) is 13.6 Å². The van der Waals surface area contributed by atoms with Gasteiger partial charge in [-0.3, -0.25) is 4.79 Å². The van der Waals surface area contributed by atoms with Gasteiger partial charge >= 0.3 is 0 Å². The molecule has 0 aromatic heterocycles. The fourth-order valence-electron chi connectivity index (χ4n) is 2.80. The van der Waals surface area contributed by atoms with E-state index in [9.17, 15) is 13.2 Å². The van der Waals surface area contributed by atoms with E-state index in [0.717, 1.165) is 43.2 Å². The van der Waals surface area contributed by atoms with Gasteiger partial charge in [-0.1, -0.05) is 31.6 Å². The van der Waals surface area contributed by atoms with Crippen LogP contribution in [0.15, 0.2) is 40.8 Å².